The van der Waals surface area contributed by atoms with Gasteiger partial charge in [-0.25, -0.2) is 4.98 Å². The van der Waals surface area contributed by atoms with E-state index in [1.54, 1.807) is 7.11 Å². The zero-order valence-electron chi connectivity index (χ0n) is 12.6. The fraction of sp³-hybridized carbons (Fsp3) is 0.312. The van der Waals surface area contributed by atoms with Crippen molar-refractivity contribution in [2.75, 3.05) is 26.1 Å². The molecule has 1 heterocycles. The summed E-state index contributed by atoms with van der Waals surface area (Å²) < 4.78 is 5.16. The Kier molecular flexibility index (Phi) is 5.42. The summed E-state index contributed by atoms with van der Waals surface area (Å²) >= 11 is 6.32. The molecule has 0 aliphatic carbocycles. The van der Waals surface area contributed by atoms with Crippen LogP contribution in [0.2, 0.25) is 5.02 Å². The lowest BCUT2D eigenvalue weighted by Crippen LogP contribution is -2.18. The highest BCUT2D eigenvalue weighted by atomic mass is 35.5. The van der Waals surface area contributed by atoms with Gasteiger partial charge in [-0.1, -0.05) is 23.7 Å². The van der Waals surface area contributed by atoms with Gasteiger partial charge < -0.3 is 15.0 Å². The Morgan fingerprint density at radius 2 is 1.95 bits per heavy atom. The summed E-state index contributed by atoms with van der Waals surface area (Å²) in [5, 5.41) is 3.75. The lowest BCUT2D eigenvalue weighted by molar-refractivity contribution is 0.414. The Hall–Kier alpha value is -1.78. The van der Waals surface area contributed by atoms with Crippen molar-refractivity contribution < 1.29 is 4.74 Å². The van der Waals surface area contributed by atoms with E-state index in [0.29, 0.717) is 5.02 Å². The number of rotatable bonds is 6. The van der Waals surface area contributed by atoms with Crippen LogP contribution in [-0.2, 0) is 13.1 Å². The predicted octanol–water partition coefficient (Wildman–Crippen LogP) is 3.10. The number of halogens is 1. The first-order chi connectivity index (χ1) is 10.1. The van der Waals surface area contributed by atoms with Crippen LogP contribution in [0, 0.1) is 0 Å². The van der Waals surface area contributed by atoms with Crippen LogP contribution in [-0.4, -0.2) is 26.2 Å². The maximum absolute atomic E-state index is 6.32. The normalized spacial score (nSPS) is 10.5. The van der Waals surface area contributed by atoms with E-state index < -0.39 is 0 Å². The molecular weight excluding hydrogens is 286 g/mol. The molecule has 2 aromatic rings. The van der Waals surface area contributed by atoms with Crippen LogP contribution >= 0.6 is 11.6 Å². The molecule has 0 atom stereocenters. The molecule has 4 nitrogen and oxygen atoms in total. The van der Waals surface area contributed by atoms with Crippen molar-refractivity contribution >= 4 is 17.4 Å². The molecule has 5 heteroatoms. The molecule has 0 amide bonds. The molecule has 0 spiro atoms. The molecule has 0 fully saturated rings. The van der Waals surface area contributed by atoms with Crippen LogP contribution in [0.15, 0.2) is 36.5 Å². The topological polar surface area (TPSA) is 37.4 Å². The van der Waals surface area contributed by atoms with Crippen molar-refractivity contribution in [1.29, 1.82) is 0 Å². The van der Waals surface area contributed by atoms with Crippen molar-refractivity contribution in [2.45, 2.75) is 13.1 Å². The van der Waals surface area contributed by atoms with E-state index in [2.05, 4.69) is 10.3 Å². The van der Waals surface area contributed by atoms with Crippen LogP contribution in [0.3, 0.4) is 0 Å². The number of nitrogens with zero attached hydrogens (tertiary/aromatic N) is 2. The maximum atomic E-state index is 6.32. The standard InChI is InChI=1S/C16H20ClN3O/c1-18-9-13-8-15(17)16(19-10-13)20(2)11-12-4-6-14(21-3)7-5-12/h4-8,10,18H,9,11H2,1-3H3. The molecule has 0 saturated heterocycles. The highest BCUT2D eigenvalue weighted by Crippen LogP contribution is 2.24. The van der Waals surface area contributed by atoms with Crippen LogP contribution in [0.25, 0.3) is 0 Å². The Labute approximate surface area is 130 Å². The summed E-state index contributed by atoms with van der Waals surface area (Å²) in [6, 6.07) is 9.94. The molecule has 2 rings (SSSR count). The average Bonchev–Trinajstić information content (AvgIpc) is 2.48. The third kappa shape index (κ3) is 4.09. The number of hydrogen-bond acceptors (Lipinski definition) is 4. The molecule has 0 saturated carbocycles. The van der Waals surface area contributed by atoms with Gasteiger partial charge in [-0.2, -0.15) is 0 Å². The zero-order valence-corrected chi connectivity index (χ0v) is 13.3. The van der Waals surface area contributed by atoms with Gasteiger partial charge in [-0.05, 0) is 36.4 Å². The van der Waals surface area contributed by atoms with Crippen LogP contribution in [0.5, 0.6) is 5.75 Å². The molecule has 1 aromatic heterocycles. The minimum Gasteiger partial charge on any atom is -0.497 e. The summed E-state index contributed by atoms with van der Waals surface area (Å²) in [6.45, 7) is 1.50. The van der Waals surface area contributed by atoms with E-state index in [1.807, 2.05) is 55.5 Å². The monoisotopic (exact) mass is 305 g/mol. The van der Waals surface area contributed by atoms with Gasteiger partial charge in [0.15, 0.2) is 0 Å². The third-order valence-electron chi connectivity index (χ3n) is 3.20. The van der Waals surface area contributed by atoms with E-state index in [9.17, 15) is 0 Å². The van der Waals surface area contributed by atoms with Gasteiger partial charge in [0.25, 0.3) is 0 Å². The first kappa shape index (κ1) is 15.6. The smallest absolute Gasteiger partial charge is 0.147 e. The number of nitrogens with one attached hydrogen (secondary N) is 1. The van der Waals surface area contributed by atoms with Gasteiger partial charge in [0, 0.05) is 26.3 Å². The zero-order chi connectivity index (χ0) is 15.2. The number of benzene rings is 1. The van der Waals surface area contributed by atoms with Crippen molar-refractivity contribution in [2.24, 2.45) is 0 Å². The number of hydrogen-bond donors (Lipinski definition) is 1. The van der Waals surface area contributed by atoms with Gasteiger partial charge in [0.1, 0.15) is 11.6 Å². The van der Waals surface area contributed by atoms with E-state index in [-0.39, 0.29) is 0 Å². The number of aromatic nitrogens is 1. The van der Waals surface area contributed by atoms with E-state index in [4.69, 9.17) is 16.3 Å². The Morgan fingerprint density at radius 1 is 1.24 bits per heavy atom. The molecule has 0 aliphatic heterocycles. The Balaban J connectivity index is 2.10. The first-order valence-electron chi connectivity index (χ1n) is 6.77. The lowest BCUT2D eigenvalue weighted by atomic mass is 10.2. The largest absolute Gasteiger partial charge is 0.497 e. The molecule has 21 heavy (non-hydrogen) atoms. The summed E-state index contributed by atoms with van der Waals surface area (Å²) in [5.74, 6) is 1.64. The summed E-state index contributed by atoms with van der Waals surface area (Å²) in [4.78, 5) is 6.49. The van der Waals surface area contributed by atoms with Gasteiger partial charge in [-0.15, -0.1) is 0 Å². The summed E-state index contributed by atoms with van der Waals surface area (Å²) in [5.41, 5.74) is 2.25. The molecule has 0 aliphatic rings. The van der Waals surface area contributed by atoms with Gasteiger partial charge in [0.05, 0.1) is 12.1 Å². The number of pyridine rings is 1. The Bertz CT molecular complexity index is 587. The molecule has 1 aromatic carbocycles. The fourth-order valence-corrected chi connectivity index (χ4v) is 2.46. The maximum Gasteiger partial charge on any atom is 0.147 e. The number of anilines is 1. The fourth-order valence-electron chi connectivity index (χ4n) is 2.13. The summed E-state index contributed by atoms with van der Waals surface area (Å²) in [6.07, 6.45) is 1.85. The second kappa shape index (κ2) is 7.29. The van der Waals surface area contributed by atoms with E-state index in [0.717, 1.165) is 30.2 Å². The average molecular weight is 306 g/mol. The minimum absolute atomic E-state index is 0.666. The molecule has 1 N–H and O–H groups in total. The minimum atomic E-state index is 0.666. The number of ether oxygens (including phenoxy) is 1. The van der Waals surface area contributed by atoms with Gasteiger partial charge in [-0.3, -0.25) is 0 Å². The lowest BCUT2D eigenvalue weighted by Gasteiger charge is -2.20. The Morgan fingerprint density at radius 3 is 2.52 bits per heavy atom. The molecule has 112 valence electrons. The van der Waals surface area contributed by atoms with Gasteiger partial charge >= 0.3 is 0 Å². The van der Waals surface area contributed by atoms with Crippen LogP contribution in [0.1, 0.15) is 11.1 Å². The molecule has 0 radical (unpaired) electrons. The highest BCUT2D eigenvalue weighted by molar-refractivity contribution is 6.33. The van der Waals surface area contributed by atoms with Crippen molar-refractivity contribution in [1.82, 2.24) is 10.3 Å². The van der Waals surface area contributed by atoms with Crippen LogP contribution in [0.4, 0.5) is 5.82 Å². The SMILES string of the molecule is CNCc1cnc(N(C)Cc2ccc(OC)cc2)c(Cl)c1. The molecular formula is C16H20ClN3O. The van der Waals surface area contributed by atoms with Crippen molar-refractivity contribution in [3.8, 4) is 5.75 Å². The van der Waals surface area contributed by atoms with Gasteiger partial charge in [0.2, 0.25) is 0 Å². The predicted molar refractivity (Wildman–Crippen MR) is 87.1 cm³/mol. The number of methoxy groups -OCH3 is 1. The van der Waals surface area contributed by atoms with E-state index >= 15 is 0 Å². The third-order valence-corrected chi connectivity index (χ3v) is 3.48. The highest BCUT2D eigenvalue weighted by Gasteiger charge is 2.09. The summed E-state index contributed by atoms with van der Waals surface area (Å²) in [7, 11) is 5.55. The van der Waals surface area contributed by atoms with E-state index in [1.165, 1.54) is 5.56 Å². The second-order valence-electron chi connectivity index (χ2n) is 4.88. The molecule has 0 bridgehead atoms. The second-order valence-corrected chi connectivity index (χ2v) is 5.29. The van der Waals surface area contributed by atoms with Crippen molar-refractivity contribution in [3.63, 3.8) is 0 Å². The first-order valence-corrected chi connectivity index (χ1v) is 7.15. The van der Waals surface area contributed by atoms with Crippen molar-refractivity contribution in [3.05, 3.63) is 52.7 Å². The quantitative estimate of drug-likeness (QED) is 0.890. The van der Waals surface area contributed by atoms with Crippen LogP contribution < -0.4 is 15.0 Å². The molecule has 0 unspecified atom stereocenters.